The van der Waals surface area contributed by atoms with Crippen molar-refractivity contribution in [2.45, 2.75) is 31.7 Å². The van der Waals surface area contributed by atoms with E-state index in [0.29, 0.717) is 11.8 Å². The lowest BCUT2D eigenvalue weighted by Crippen LogP contribution is -2.45. The maximum atomic E-state index is 13.0. The average molecular weight is 407 g/mol. The van der Waals surface area contributed by atoms with Crippen molar-refractivity contribution in [3.63, 3.8) is 0 Å². The normalized spacial score (nSPS) is 17.4. The Morgan fingerprint density at radius 2 is 1.89 bits per heavy atom. The van der Waals surface area contributed by atoms with Crippen molar-refractivity contribution in [2.75, 3.05) is 26.7 Å². The Morgan fingerprint density at radius 1 is 1.19 bits per heavy atom. The lowest BCUT2D eigenvalue weighted by Gasteiger charge is -2.32. The number of methoxy groups -OCH3 is 1. The van der Waals surface area contributed by atoms with E-state index in [0.717, 1.165) is 53.7 Å². The van der Waals surface area contributed by atoms with Gasteiger partial charge in [0, 0.05) is 24.0 Å². The third-order valence-electron chi connectivity index (χ3n) is 5.34. The Labute approximate surface area is 171 Å². The topological polar surface area (TPSA) is 41.6 Å². The first kappa shape index (κ1) is 20.2. The molecule has 0 spiro atoms. The maximum Gasteiger partial charge on any atom is 0.267 e. The van der Waals surface area contributed by atoms with Crippen LogP contribution in [-0.2, 0) is 0 Å². The van der Waals surface area contributed by atoms with E-state index in [2.05, 4.69) is 17.4 Å². The summed E-state index contributed by atoms with van der Waals surface area (Å²) in [6.07, 6.45) is 4.84. The summed E-state index contributed by atoms with van der Waals surface area (Å²) >= 11 is 1.53. The van der Waals surface area contributed by atoms with E-state index in [1.807, 2.05) is 29.2 Å². The highest BCUT2D eigenvalue weighted by atomic mass is 35.5. The van der Waals surface area contributed by atoms with Crippen LogP contribution in [0.15, 0.2) is 36.4 Å². The predicted octanol–water partition coefficient (Wildman–Crippen LogP) is 4.45. The Balaban J connectivity index is 0.00000210. The molecule has 2 fully saturated rings. The number of amides is 1. The van der Waals surface area contributed by atoms with Crippen LogP contribution in [0.5, 0.6) is 5.75 Å². The second kappa shape index (κ2) is 9.09. The molecule has 0 radical (unpaired) electrons. The van der Waals surface area contributed by atoms with Gasteiger partial charge in [-0.05, 0) is 49.8 Å². The molecule has 1 aliphatic carbocycles. The van der Waals surface area contributed by atoms with E-state index in [-0.39, 0.29) is 18.3 Å². The fourth-order valence-electron chi connectivity index (χ4n) is 3.51. The number of likely N-dealkylation sites (tertiary alicyclic amines) is 1. The van der Waals surface area contributed by atoms with E-state index in [9.17, 15) is 4.79 Å². The Bertz CT molecular complexity index is 753. The first-order valence-corrected chi connectivity index (χ1v) is 10.3. The van der Waals surface area contributed by atoms with Crippen LogP contribution in [-0.4, -0.2) is 43.6 Å². The number of hydrogen-bond donors (Lipinski definition) is 1. The summed E-state index contributed by atoms with van der Waals surface area (Å²) in [5.41, 5.74) is 1.12. The minimum atomic E-state index is 0. The van der Waals surface area contributed by atoms with Gasteiger partial charge in [-0.25, -0.2) is 0 Å². The Hall–Kier alpha value is -1.56. The van der Waals surface area contributed by atoms with Gasteiger partial charge in [0.05, 0.1) is 7.11 Å². The minimum Gasteiger partial charge on any atom is -0.495 e. The zero-order valence-corrected chi connectivity index (χ0v) is 17.3. The Kier molecular flexibility index (Phi) is 6.79. The van der Waals surface area contributed by atoms with Gasteiger partial charge >= 0.3 is 0 Å². The highest BCUT2D eigenvalue weighted by molar-refractivity contribution is 7.17. The fourth-order valence-corrected chi connectivity index (χ4v) is 4.60. The fraction of sp³-hybridized carbons (Fsp3) is 0.476. The number of ether oxygens (including phenoxy) is 1. The number of thiophene rings is 1. The van der Waals surface area contributed by atoms with E-state index in [1.165, 1.54) is 24.2 Å². The zero-order valence-electron chi connectivity index (χ0n) is 15.6. The number of hydrogen-bond acceptors (Lipinski definition) is 4. The van der Waals surface area contributed by atoms with Crippen molar-refractivity contribution in [3.05, 3.63) is 41.3 Å². The number of rotatable bonds is 6. The van der Waals surface area contributed by atoms with E-state index in [1.54, 1.807) is 7.11 Å². The molecule has 1 saturated heterocycles. The molecule has 1 saturated carbocycles. The summed E-state index contributed by atoms with van der Waals surface area (Å²) < 4.78 is 5.50. The summed E-state index contributed by atoms with van der Waals surface area (Å²) in [5.74, 6) is 1.70. The molecule has 146 valence electrons. The van der Waals surface area contributed by atoms with Crippen LogP contribution in [0.25, 0.3) is 10.4 Å². The third kappa shape index (κ3) is 4.84. The van der Waals surface area contributed by atoms with E-state index < -0.39 is 0 Å². The van der Waals surface area contributed by atoms with Gasteiger partial charge in [0.15, 0.2) is 0 Å². The summed E-state index contributed by atoms with van der Waals surface area (Å²) in [6.45, 7) is 2.80. The van der Waals surface area contributed by atoms with E-state index >= 15 is 0 Å². The van der Waals surface area contributed by atoms with Crippen LogP contribution in [0, 0.1) is 5.92 Å². The van der Waals surface area contributed by atoms with Crippen LogP contribution in [0.2, 0.25) is 0 Å². The van der Waals surface area contributed by atoms with Crippen molar-refractivity contribution in [2.24, 2.45) is 5.92 Å². The molecule has 1 aliphatic heterocycles. The van der Waals surface area contributed by atoms with Gasteiger partial charge in [0.25, 0.3) is 5.91 Å². The molecule has 0 bridgehead atoms. The SMILES string of the molecule is COc1cc(-c2ccccc2)sc1C(=O)N1CCC(NCC2CC2)CC1.Cl. The van der Waals surface area contributed by atoms with E-state index in [4.69, 9.17) is 4.74 Å². The number of halogens is 1. The monoisotopic (exact) mass is 406 g/mol. The van der Waals surface area contributed by atoms with Gasteiger partial charge < -0.3 is 15.0 Å². The molecule has 1 N–H and O–H groups in total. The molecule has 4 nitrogen and oxygen atoms in total. The first-order chi connectivity index (χ1) is 12.7. The van der Waals surface area contributed by atoms with Crippen molar-refractivity contribution < 1.29 is 9.53 Å². The molecule has 1 amide bonds. The van der Waals surface area contributed by atoms with Crippen molar-refractivity contribution in [3.8, 4) is 16.2 Å². The van der Waals surface area contributed by atoms with Crippen LogP contribution >= 0.6 is 23.7 Å². The summed E-state index contributed by atoms with van der Waals surface area (Å²) in [5, 5.41) is 3.67. The zero-order chi connectivity index (χ0) is 17.9. The first-order valence-electron chi connectivity index (χ1n) is 9.50. The van der Waals surface area contributed by atoms with Crippen molar-refractivity contribution in [1.29, 1.82) is 0 Å². The molecule has 2 aromatic rings. The second-order valence-corrected chi connectivity index (χ2v) is 8.34. The number of carbonyl (C=O) groups is 1. The quantitative estimate of drug-likeness (QED) is 0.770. The Morgan fingerprint density at radius 3 is 2.52 bits per heavy atom. The molecule has 1 aromatic carbocycles. The van der Waals surface area contributed by atoms with Gasteiger partial charge in [-0.2, -0.15) is 0 Å². The van der Waals surface area contributed by atoms with Crippen molar-refractivity contribution in [1.82, 2.24) is 10.2 Å². The molecular weight excluding hydrogens is 380 g/mol. The highest BCUT2D eigenvalue weighted by Gasteiger charge is 2.28. The molecule has 0 unspecified atom stereocenters. The second-order valence-electron chi connectivity index (χ2n) is 7.29. The number of benzene rings is 1. The number of piperidine rings is 1. The lowest BCUT2D eigenvalue weighted by atomic mass is 10.0. The van der Waals surface area contributed by atoms with Gasteiger partial charge in [-0.15, -0.1) is 23.7 Å². The molecule has 27 heavy (non-hydrogen) atoms. The molecular formula is C21H27ClN2O2S. The van der Waals surface area contributed by atoms with Crippen molar-refractivity contribution >= 4 is 29.7 Å². The van der Waals surface area contributed by atoms with Crippen LogP contribution in [0.3, 0.4) is 0 Å². The van der Waals surface area contributed by atoms with Crippen LogP contribution in [0.4, 0.5) is 0 Å². The number of nitrogens with zero attached hydrogens (tertiary/aromatic N) is 1. The third-order valence-corrected chi connectivity index (χ3v) is 6.50. The lowest BCUT2D eigenvalue weighted by molar-refractivity contribution is 0.0707. The summed E-state index contributed by atoms with van der Waals surface area (Å²) in [4.78, 5) is 16.8. The molecule has 0 atom stereocenters. The summed E-state index contributed by atoms with van der Waals surface area (Å²) in [6, 6.07) is 12.7. The smallest absolute Gasteiger partial charge is 0.267 e. The molecule has 2 heterocycles. The minimum absolute atomic E-state index is 0. The van der Waals surface area contributed by atoms with Gasteiger partial charge in [-0.3, -0.25) is 4.79 Å². The molecule has 2 aliphatic rings. The number of nitrogens with one attached hydrogen (secondary N) is 1. The standard InChI is InChI=1S/C21H26N2O2S.ClH/c1-25-18-13-19(16-5-3-2-4-6-16)26-20(18)21(24)23-11-9-17(10-12-23)22-14-15-7-8-15;/h2-6,13,15,17,22H,7-12,14H2,1H3;1H. The summed E-state index contributed by atoms with van der Waals surface area (Å²) in [7, 11) is 1.64. The van der Waals surface area contributed by atoms with Crippen LogP contribution < -0.4 is 10.1 Å². The number of carbonyl (C=O) groups excluding carboxylic acids is 1. The molecule has 6 heteroatoms. The average Bonchev–Trinajstić information content (AvgIpc) is 3.43. The van der Waals surface area contributed by atoms with Gasteiger partial charge in [0.1, 0.15) is 10.6 Å². The largest absolute Gasteiger partial charge is 0.495 e. The molecule has 4 rings (SSSR count). The highest BCUT2D eigenvalue weighted by Crippen LogP contribution is 2.37. The van der Waals surface area contributed by atoms with Gasteiger partial charge in [0.2, 0.25) is 0 Å². The molecule has 1 aromatic heterocycles. The van der Waals surface area contributed by atoms with Gasteiger partial charge in [-0.1, -0.05) is 30.3 Å². The predicted molar refractivity (Wildman–Crippen MR) is 113 cm³/mol. The van der Waals surface area contributed by atoms with Crippen LogP contribution in [0.1, 0.15) is 35.4 Å². The maximum absolute atomic E-state index is 13.0.